The van der Waals surface area contributed by atoms with Gasteiger partial charge in [-0.05, 0) is 35.4 Å². The first kappa shape index (κ1) is 29.8. The maximum absolute atomic E-state index is 13.5. The molecule has 0 radical (unpaired) electrons. The summed E-state index contributed by atoms with van der Waals surface area (Å²) in [5, 5.41) is 19.8. The molecule has 0 saturated carbocycles. The van der Waals surface area contributed by atoms with E-state index < -0.39 is 15.4 Å². The summed E-state index contributed by atoms with van der Waals surface area (Å²) in [6, 6.07) is 13.1. The van der Waals surface area contributed by atoms with Crippen molar-refractivity contribution < 1.29 is 18.3 Å². The highest BCUT2D eigenvalue weighted by molar-refractivity contribution is 8.93. The number of phenols is 1. The Labute approximate surface area is 225 Å². The summed E-state index contributed by atoms with van der Waals surface area (Å²) in [6.45, 7) is 8.48. The highest BCUT2D eigenvalue weighted by Crippen LogP contribution is 2.40. The van der Waals surface area contributed by atoms with Crippen LogP contribution < -0.4 is 4.31 Å². The van der Waals surface area contributed by atoms with Crippen molar-refractivity contribution in [1.29, 1.82) is 5.41 Å². The number of halogens is 1. The van der Waals surface area contributed by atoms with Gasteiger partial charge in [-0.25, -0.2) is 8.42 Å². The first-order valence-corrected chi connectivity index (χ1v) is 13.8. The highest BCUT2D eigenvalue weighted by atomic mass is 79.9. The van der Waals surface area contributed by atoms with Crippen molar-refractivity contribution in [1.82, 2.24) is 4.90 Å². The van der Waals surface area contributed by atoms with Gasteiger partial charge in [-0.2, -0.15) is 0 Å². The molecule has 0 amide bonds. The molecule has 0 spiro atoms. The molecule has 3 rings (SSSR count). The summed E-state index contributed by atoms with van der Waals surface area (Å²) < 4.78 is 25.4. The molecule has 1 aliphatic rings. The van der Waals surface area contributed by atoms with Crippen molar-refractivity contribution >= 4 is 44.3 Å². The van der Waals surface area contributed by atoms with Gasteiger partial charge in [0.25, 0.3) is 0 Å². The van der Waals surface area contributed by atoms with Crippen molar-refractivity contribution in [2.75, 3.05) is 30.7 Å². The van der Waals surface area contributed by atoms with E-state index in [1.165, 1.54) is 13.1 Å². The third-order valence-corrected chi connectivity index (χ3v) is 7.96. The number of aromatic hydroxyl groups is 1. The average Bonchev–Trinajstić information content (AvgIpc) is 3.07. The van der Waals surface area contributed by atoms with Crippen molar-refractivity contribution in [3.05, 3.63) is 59.2 Å². The van der Waals surface area contributed by atoms with Gasteiger partial charge < -0.3 is 10.0 Å². The predicted molar refractivity (Wildman–Crippen MR) is 152 cm³/mol. The lowest BCUT2D eigenvalue weighted by atomic mass is 9.84. The van der Waals surface area contributed by atoms with Crippen LogP contribution in [0.3, 0.4) is 0 Å². The van der Waals surface area contributed by atoms with E-state index in [-0.39, 0.29) is 52.6 Å². The molecule has 0 aromatic heterocycles. The second-order valence-corrected chi connectivity index (χ2v) is 12.5. The van der Waals surface area contributed by atoms with E-state index in [0.29, 0.717) is 23.5 Å². The molecule has 1 saturated heterocycles. The molecule has 1 heterocycles. The highest BCUT2D eigenvalue weighted by Gasteiger charge is 2.38. The molecule has 36 heavy (non-hydrogen) atoms. The molecule has 0 unspecified atom stereocenters. The number of carbonyl (C=O) groups excluding carboxylic acids is 1. The maximum Gasteiger partial charge on any atom is 0.232 e. The van der Waals surface area contributed by atoms with Crippen LogP contribution in [0, 0.1) is 11.3 Å². The Kier molecular flexibility index (Phi) is 9.40. The van der Waals surface area contributed by atoms with Crippen LogP contribution >= 0.6 is 17.0 Å². The molecule has 9 heteroatoms. The van der Waals surface area contributed by atoms with Gasteiger partial charge in [0.2, 0.25) is 10.0 Å². The van der Waals surface area contributed by atoms with Crippen LogP contribution in [-0.4, -0.2) is 56.4 Å². The smallest absolute Gasteiger partial charge is 0.232 e. The predicted octanol–water partition coefficient (Wildman–Crippen LogP) is 5.34. The second-order valence-electron chi connectivity index (χ2n) is 10.5. The third-order valence-electron chi connectivity index (χ3n) is 6.77. The van der Waals surface area contributed by atoms with E-state index in [4.69, 9.17) is 5.41 Å². The fourth-order valence-electron chi connectivity index (χ4n) is 4.81. The zero-order chi connectivity index (χ0) is 26.1. The normalized spacial score (nSPS) is 18.2. The zero-order valence-corrected chi connectivity index (χ0v) is 24.4. The largest absolute Gasteiger partial charge is 0.505 e. The quantitative estimate of drug-likeness (QED) is 0.411. The standard InChI is InChI=1S/C27H37N3O4S.BrH/c1-7-11-19-16-30(26(28)24(19)18-12-9-8-10-13-18)17-23(31)20-14-21(27(2,3)4)25(32)22(15-20)29(5)35(6,33)34;/h8-10,12-15,19,24,28,32H,7,11,16-17H2,1-6H3;1H/t19-,24+;/m0./s1. The molecule has 2 aromatic rings. The summed E-state index contributed by atoms with van der Waals surface area (Å²) in [5.74, 6) is 0.266. The maximum atomic E-state index is 13.5. The minimum Gasteiger partial charge on any atom is -0.505 e. The minimum atomic E-state index is -3.65. The number of nitrogens with zero attached hydrogens (tertiary/aromatic N) is 2. The SMILES string of the molecule is Br.CCC[C@H]1CN(CC(=O)c2cc(N(C)S(C)(=O)=O)c(O)c(C(C)(C)C)c2)C(=N)[C@@H]1c1ccccc1. The van der Waals surface area contributed by atoms with E-state index in [1.807, 2.05) is 56.0 Å². The molecule has 1 aliphatic heterocycles. The number of sulfonamides is 1. The monoisotopic (exact) mass is 579 g/mol. The van der Waals surface area contributed by atoms with Crippen LogP contribution in [0.2, 0.25) is 0 Å². The number of nitrogens with one attached hydrogen (secondary N) is 1. The van der Waals surface area contributed by atoms with Gasteiger partial charge in [0.1, 0.15) is 11.6 Å². The van der Waals surface area contributed by atoms with Crippen molar-refractivity contribution in [2.45, 2.75) is 51.9 Å². The molecule has 0 bridgehead atoms. The van der Waals surface area contributed by atoms with Crippen LogP contribution in [0.5, 0.6) is 5.75 Å². The Bertz CT molecular complexity index is 1210. The Hall–Kier alpha value is -2.39. The number of hydrogen-bond acceptors (Lipinski definition) is 5. The molecule has 198 valence electrons. The first-order chi connectivity index (χ1) is 16.3. The summed E-state index contributed by atoms with van der Waals surface area (Å²) in [7, 11) is -2.29. The van der Waals surface area contributed by atoms with Gasteiger partial charge in [-0.1, -0.05) is 64.4 Å². The van der Waals surface area contributed by atoms with Crippen molar-refractivity contribution in [3.8, 4) is 5.75 Å². The van der Waals surface area contributed by atoms with Gasteiger partial charge in [-0.3, -0.25) is 14.5 Å². The van der Waals surface area contributed by atoms with Gasteiger partial charge in [0.15, 0.2) is 5.78 Å². The molecule has 7 nitrogen and oxygen atoms in total. The van der Waals surface area contributed by atoms with Gasteiger partial charge in [-0.15, -0.1) is 17.0 Å². The number of carbonyl (C=O) groups is 1. The summed E-state index contributed by atoms with van der Waals surface area (Å²) in [6.07, 6.45) is 3.02. The van der Waals surface area contributed by atoms with Gasteiger partial charge in [0, 0.05) is 30.6 Å². The molecule has 2 N–H and O–H groups in total. The summed E-state index contributed by atoms with van der Waals surface area (Å²) >= 11 is 0. The number of amidine groups is 1. The third kappa shape index (κ3) is 6.29. The van der Waals surface area contributed by atoms with Gasteiger partial charge >= 0.3 is 0 Å². The molecule has 1 fully saturated rings. The minimum absolute atomic E-state index is 0. The molecule has 0 aliphatic carbocycles. The fourth-order valence-corrected chi connectivity index (χ4v) is 5.31. The zero-order valence-electron chi connectivity index (χ0n) is 21.9. The van der Waals surface area contributed by atoms with E-state index in [2.05, 4.69) is 6.92 Å². The number of Topliss-reactive ketones (excluding diaryl/α,β-unsaturated/α-hetero) is 1. The van der Waals surface area contributed by atoms with E-state index >= 15 is 0 Å². The Morgan fingerprint density at radius 1 is 1.19 bits per heavy atom. The number of hydrogen-bond donors (Lipinski definition) is 2. The lowest BCUT2D eigenvalue weighted by Crippen LogP contribution is -2.32. The number of rotatable bonds is 8. The average molecular weight is 581 g/mol. The Morgan fingerprint density at radius 3 is 2.33 bits per heavy atom. The molecular weight excluding hydrogens is 542 g/mol. The van der Waals surface area contributed by atoms with Crippen LogP contribution in [-0.2, 0) is 15.4 Å². The summed E-state index contributed by atoms with van der Waals surface area (Å²) in [5.41, 5.74) is 1.46. The number of benzene rings is 2. The number of ketones is 1. The fraction of sp³-hybridized carbons (Fsp3) is 0.481. The van der Waals surface area contributed by atoms with Crippen LogP contribution in [0.25, 0.3) is 0 Å². The molecule has 2 aromatic carbocycles. The van der Waals surface area contributed by atoms with Crippen molar-refractivity contribution in [2.24, 2.45) is 5.92 Å². The number of anilines is 1. The summed E-state index contributed by atoms with van der Waals surface area (Å²) in [4.78, 5) is 15.3. The first-order valence-electron chi connectivity index (χ1n) is 12.0. The number of phenolic OH excluding ortho intramolecular Hbond substituents is 1. The lowest BCUT2D eigenvalue weighted by Gasteiger charge is -2.27. The van der Waals surface area contributed by atoms with E-state index in [1.54, 1.807) is 6.07 Å². The van der Waals surface area contributed by atoms with E-state index in [0.717, 1.165) is 29.0 Å². The van der Waals surface area contributed by atoms with Crippen molar-refractivity contribution in [3.63, 3.8) is 0 Å². The number of likely N-dealkylation sites (tertiary alicyclic amines) is 1. The lowest BCUT2D eigenvalue weighted by molar-refractivity contribution is 0.0963. The van der Waals surface area contributed by atoms with E-state index in [9.17, 15) is 18.3 Å². The Morgan fingerprint density at radius 2 is 1.81 bits per heavy atom. The topological polar surface area (TPSA) is 102 Å². The molecular formula is C27H38BrN3O4S. The molecule has 2 atom stereocenters. The van der Waals surface area contributed by atoms with Crippen LogP contribution in [0.1, 0.15) is 67.9 Å². The Balaban J connectivity index is 0.00000456. The van der Waals surface area contributed by atoms with Crippen LogP contribution in [0.15, 0.2) is 42.5 Å². The second kappa shape index (κ2) is 11.3. The van der Waals surface area contributed by atoms with Gasteiger partial charge in [0.05, 0.1) is 18.5 Å². The van der Waals surface area contributed by atoms with Crippen LogP contribution in [0.4, 0.5) is 5.69 Å².